The van der Waals surface area contributed by atoms with Gasteiger partial charge < -0.3 is 10.2 Å². The Bertz CT molecular complexity index is 838. The van der Waals surface area contributed by atoms with Gasteiger partial charge in [0.25, 0.3) is 0 Å². The van der Waals surface area contributed by atoms with E-state index in [1.165, 1.54) is 6.07 Å². The largest absolute Gasteiger partial charge is 0.508 e. The quantitative estimate of drug-likeness (QED) is 0.779. The highest BCUT2D eigenvalue weighted by Gasteiger charge is 2.27. The Hall–Kier alpha value is -2.05. The van der Waals surface area contributed by atoms with Crippen molar-refractivity contribution in [3.8, 4) is 11.5 Å². The van der Waals surface area contributed by atoms with E-state index in [-0.39, 0.29) is 28.4 Å². The molecular weight excluding hydrogens is 338 g/mol. The SMILES string of the molecule is Cc1ccc(S(=O)(=O)N[C@H]2CC[C@@H](c3ccc(O)cc3O)CC2)cc1. The first-order valence-electron chi connectivity index (χ1n) is 8.46. The van der Waals surface area contributed by atoms with Gasteiger partial charge in [0.2, 0.25) is 10.0 Å². The second kappa shape index (κ2) is 7.06. The van der Waals surface area contributed by atoms with Crippen molar-refractivity contribution in [1.29, 1.82) is 0 Å². The number of hydrogen-bond donors (Lipinski definition) is 3. The summed E-state index contributed by atoms with van der Waals surface area (Å²) < 4.78 is 27.7. The van der Waals surface area contributed by atoms with Crippen LogP contribution >= 0.6 is 0 Å². The monoisotopic (exact) mass is 361 g/mol. The molecule has 2 aromatic carbocycles. The lowest BCUT2D eigenvalue weighted by atomic mass is 9.81. The Morgan fingerprint density at radius 1 is 0.960 bits per heavy atom. The highest BCUT2D eigenvalue weighted by Crippen LogP contribution is 2.38. The molecule has 0 spiro atoms. The Labute approximate surface area is 148 Å². The lowest BCUT2D eigenvalue weighted by Gasteiger charge is -2.29. The lowest BCUT2D eigenvalue weighted by Crippen LogP contribution is -2.37. The van der Waals surface area contributed by atoms with E-state index in [2.05, 4.69) is 4.72 Å². The molecule has 0 aromatic heterocycles. The predicted octanol–water partition coefficient (Wildman–Crippen LogP) is 3.41. The first-order chi connectivity index (χ1) is 11.8. The molecule has 134 valence electrons. The summed E-state index contributed by atoms with van der Waals surface area (Å²) in [6.45, 7) is 1.92. The number of phenols is 2. The van der Waals surface area contributed by atoms with Crippen LogP contribution in [0.25, 0.3) is 0 Å². The summed E-state index contributed by atoms with van der Waals surface area (Å²) in [6.07, 6.45) is 3.02. The van der Waals surface area contributed by atoms with Gasteiger partial charge in [-0.3, -0.25) is 0 Å². The maximum Gasteiger partial charge on any atom is 0.240 e. The minimum atomic E-state index is -3.51. The Morgan fingerprint density at radius 3 is 2.20 bits per heavy atom. The number of benzene rings is 2. The van der Waals surface area contributed by atoms with Gasteiger partial charge in [-0.2, -0.15) is 0 Å². The van der Waals surface area contributed by atoms with Crippen molar-refractivity contribution >= 4 is 10.0 Å². The van der Waals surface area contributed by atoms with Crippen LogP contribution in [0.3, 0.4) is 0 Å². The highest BCUT2D eigenvalue weighted by atomic mass is 32.2. The molecule has 25 heavy (non-hydrogen) atoms. The van der Waals surface area contributed by atoms with Gasteiger partial charge in [0.1, 0.15) is 11.5 Å². The van der Waals surface area contributed by atoms with Crippen LogP contribution in [0.4, 0.5) is 0 Å². The van der Waals surface area contributed by atoms with E-state index in [4.69, 9.17) is 0 Å². The summed E-state index contributed by atoms with van der Waals surface area (Å²) in [5, 5.41) is 19.4. The summed E-state index contributed by atoms with van der Waals surface area (Å²) >= 11 is 0. The first-order valence-corrected chi connectivity index (χ1v) is 9.94. The van der Waals surface area contributed by atoms with E-state index in [1.807, 2.05) is 6.92 Å². The number of aromatic hydroxyl groups is 2. The van der Waals surface area contributed by atoms with Crippen molar-refractivity contribution in [3.63, 3.8) is 0 Å². The third-order valence-electron chi connectivity index (χ3n) is 4.83. The topological polar surface area (TPSA) is 86.6 Å². The van der Waals surface area contributed by atoms with Crippen LogP contribution in [0.2, 0.25) is 0 Å². The fraction of sp³-hybridized carbons (Fsp3) is 0.368. The maximum atomic E-state index is 12.5. The molecule has 5 nitrogen and oxygen atoms in total. The highest BCUT2D eigenvalue weighted by molar-refractivity contribution is 7.89. The second-order valence-electron chi connectivity index (χ2n) is 6.73. The zero-order chi connectivity index (χ0) is 18.0. The number of hydrogen-bond acceptors (Lipinski definition) is 4. The Kier molecular flexibility index (Phi) is 5.01. The predicted molar refractivity (Wildman–Crippen MR) is 96.3 cm³/mol. The van der Waals surface area contributed by atoms with Crippen molar-refractivity contribution < 1.29 is 18.6 Å². The molecule has 0 unspecified atom stereocenters. The smallest absolute Gasteiger partial charge is 0.240 e. The van der Waals surface area contributed by atoms with E-state index in [9.17, 15) is 18.6 Å². The molecule has 1 aliphatic carbocycles. The first kappa shape index (κ1) is 17.8. The van der Waals surface area contributed by atoms with Gasteiger partial charge in [-0.25, -0.2) is 13.1 Å². The van der Waals surface area contributed by atoms with Crippen LogP contribution < -0.4 is 4.72 Å². The van der Waals surface area contributed by atoms with Gasteiger partial charge in [0.05, 0.1) is 4.90 Å². The number of aryl methyl sites for hydroxylation is 1. The zero-order valence-corrected chi connectivity index (χ0v) is 15.0. The molecule has 1 saturated carbocycles. The molecule has 0 atom stereocenters. The normalized spacial score (nSPS) is 21.2. The molecule has 0 aliphatic heterocycles. The van der Waals surface area contributed by atoms with E-state index in [0.29, 0.717) is 0 Å². The number of nitrogens with one attached hydrogen (secondary N) is 1. The fourth-order valence-corrected chi connectivity index (χ4v) is 4.71. The maximum absolute atomic E-state index is 12.5. The van der Waals surface area contributed by atoms with Crippen LogP contribution in [0.1, 0.15) is 42.7 Å². The summed E-state index contributed by atoms with van der Waals surface area (Å²) in [7, 11) is -3.51. The van der Waals surface area contributed by atoms with Crippen LogP contribution in [0, 0.1) is 6.92 Å². The average molecular weight is 361 g/mol. The fourth-order valence-electron chi connectivity index (χ4n) is 3.40. The molecule has 3 rings (SSSR count). The van der Waals surface area contributed by atoms with Gasteiger partial charge in [-0.1, -0.05) is 23.8 Å². The molecule has 1 fully saturated rings. The third-order valence-corrected chi connectivity index (χ3v) is 6.37. The third kappa shape index (κ3) is 4.14. The van der Waals surface area contributed by atoms with Gasteiger partial charge >= 0.3 is 0 Å². The molecule has 0 radical (unpaired) electrons. The molecule has 0 saturated heterocycles. The molecule has 0 heterocycles. The number of sulfonamides is 1. The molecule has 2 aromatic rings. The van der Waals surface area contributed by atoms with Gasteiger partial charge in [0, 0.05) is 12.1 Å². The van der Waals surface area contributed by atoms with Crippen molar-refractivity contribution in [1.82, 2.24) is 4.72 Å². The summed E-state index contributed by atoms with van der Waals surface area (Å²) in [6, 6.07) is 11.4. The van der Waals surface area contributed by atoms with Crippen molar-refractivity contribution in [2.24, 2.45) is 0 Å². The average Bonchev–Trinajstić information content (AvgIpc) is 2.56. The molecule has 1 aliphatic rings. The van der Waals surface area contributed by atoms with E-state index >= 15 is 0 Å². The molecule has 0 bridgehead atoms. The Morgan fingerprint density at radius 2 is 1.60 bits per heavy atom. The van der Waals surface area contributed by atoms with Crippen molar-refractivity contribution in [2.45, 2.75) is 49.5 Å². The van der Waals surface area contributed by atoms with Crippen LogP contribution in [0.15, 0.2) is 47.4 Å². The standard InChI is InChI=1S/C19H23NO4S/c1-13-2-9-17(10-3-13)25(23,24)20-15-6-4-14(5-7-15)18-11-8-16(21)12-19(18)22/h2-3,8-12,14-15,20-22H,4-7H2,1H3/t14-,15+. The second-order valence-corrected chi connectivity index (χ2v) is 8.44. The lowest BCUT2D eigenvalue weighted by molar-refractivity contribution is 0.362. The van der Waals surface area contributed by atoms with Gasteiger partial charge in [-0.05, 0) is 62.3 Å². The molecular formula is C19H23NO4S. The van der Waals surface area contributed by atoms with E-state index in [1.54, 1.807) is 36.4 Å². The molecule has 6 heteroatoms. The minimum absolute atomic E-state index is 0.0424. The van der Waals surface area contributed by atoms with E-state index < -0.39 is 10.0 Å². The minimum Gasteiger partial charge on any atom is -0.508 e. The summed E-state index contributed by atoms with van der Waals surface area (Å²) in [5.74, 6) is 0.324. The zero-order valence-electron chi connectivity index (χ0n) is 14.1. The van der Waals surface area contributed by atoms with Crippen LogP contribution in [0.5, 0.6) is 11.5 Å². The molecule has 3 N–H and O–H groups in total. The van der Waals surface area contributed by atoms with Crippen LogP contribution in [-0.2, 0) is 10.0 Å². The molecule has 0 amide bonds. The van der Waals surface area contributed by atoms with Crippen molar-refractivity contribution in [3.05, 3.63) is 53.6 Å². The van der Waals surface area contributed by atoms with Gasteiger partial charge in [-0.15, -0.1) is 0 Å². The number of phenolic OH excluding ortho intramolecular Hbond substituents is 2. The van der Waals surface area contributed by atoms with Gasteiger partial charge in [0.15, 0.2) is 0 Å². The summed E-state index contributed by atoms with van der Waals surface area (Å²) in [5.41, 5.74) is 1.84. The summed E-state index contributed by atoms with van der Waals surface area (Å²) in [4.78, 5) is 0.288. The number of rotatable bonds is 4. The van der Waals surface area contributed by atoms with Crippen molar-refractivity contribution in [2.75, 3.05) is 0 Å². The Balaban J connectivity index is 1.63. The van der Waals surface area contributed by atoms with Crippen LogP contribution in [-0.4, -0.2) is 24.7 Å². The van der Waals surface area contributed by atoms with E-state index in [0.717, 1.165) is 36.8 Å².